The molecular formula is C22H22FN5O2S. The zero-order valence-electron chi connectivity index (χ0n) is 17.1. The maximum Gasteiger partial charge on any atom is 0.248 e. The van der Waals surface area contributed by atoms with E-state index in [1.165, 1.54) is 17.8 Å². The zero-order valence-corrected chi connectivity index (χ0v) is 17.9. The van der Waals surface area contributed by atoms with Crippen molar-refractivity contribution < 1.29 is 13.9 Å². The molecule has 1 aromatic heterocycles. The molecule has 1 aliphatic heterocycles. The second-order valence-corrected chi connectivity index (χ2v) is 7.89. The molecule has 3 N–H and O–H groups in total. The third kappa shape index (κ3) is 4.13. The molecular weight excluding hydrogens is 417 g/mol. The predicted octanol–water partition coefficient (Wildman–Crippen LogP) is 3.88. The Bertz CT molecular complexity index is 1160. The average molecular weight is 440 g/mol. The van der Waals surface area contributed by atoms with Crippen molar-refractivity contribution in [2.45, 2.75) is 30.8 Å². The Morgan fingerprint density at radius 1 is 1.26 bits per heavy atom. The Hall–Kier alpha value is -3.33. The highest BCUT2D eigenvalue weighted by atomic mass is 32.2. The molecule has 0 aliphatic carbocycles. The quantitative estimate of drug-likeness (QED) is 0.543. The molecule has 0 radical (unpaired) electrons. The SMILES string of the molecule is CCOc1ccccc1C1C(C(N)=O)=C(C)Nc2nc(SCc3ccccc3F)nn21. The maximum absolute atomic E-state index is 14.0. The molecule has 1 atom stereocenters. The van der Waals surface area contributed by atoms with Crippen LogP contribution in [0.1, 0.15) is 31.0 Å². The van der Waals surface area contributed by atoms with Gasteiger partial charge in [0.2, 0.25) is 17.0 Å². The fourth-order valence-corrected chi connectivity index (χ4v) is 4.37. The van der Waals surface area contributed by atoms with Gasteiger partial charge in [-0.15, -0.1) is 5.10 Å². The van der Waals surface area contributed by atoms with Gasteiger partial charge < -0.3 is 15.8 Å². The summed E-state index contributed by atoms with van der Waals surface area (Å²) in [5, 5.41) is 8.18. The second-order valence-electron chi connectivity index (χ2n) is 6.94. The Balaban J connectivity index is 1.73. The summed E-state index contributed by atoms with van der Waals surface area (Å²) in [7, 11) is 0. The number of rotatable bonds is 7. The number of hydrogen-bond acceptors (Lipinski definition) is 6. The number of fused-ring (bicyclic) bond motifs is 1. The molecule has 2 aromatic carbocycles. The van der Waals surface area contributed by atoms with Crippen LogP contribution in [0.2, 0.25) is 0 Å². The summed E-state index contributed by atoms with van der Waals surface area (Å²) in [5.41, 5.74) is 8.06. The fraction of sp³-hybridized carbons (Fsp3) is 0.227. The number of thioether (sulfide) groups is 1. The number of nitrogens with two attached hydrogens (primary N) is 1. The van der Waals surface area contributed by atoms with E-state index in [9.17, 15) is 9.18 Å². The number of amides is 1. The molecule has 7 nitrogen and oxygen atoms in total. The molecule has 2 heterocycles. The summed E-state index contributed by atoms with van der Waals surface area (Å²) in [6.07, 6.45) is 0. The van der Waals surface area contributed by atoms with Gasteiger partial charge in [-0.1, -0.05) is 48.2 Å². The Morgan fingerprint density at radius 3 is 2.74 bits per heavy atom. The highest BCUT2D eigenvalue weighted by Gasteiger charge is 2.35. The normalized spacial score (nSPS) is 15.4. The van der Waals surface area contributed by atoms with Crippen molar-refractivity contribution in [3.8, 4) is 5.75 Å². The number of aromatic nitrogens is 3. The lowest BCUT2D eigenvalue weighted by Crippen LogP contribution is -2.32. The first-order chi connectivity index (χ1) is 15.0. The van der Waals surface area contributed by atoms with Crippen molar-refractivity contribution in [2.75, 3.05) is 11.9 Å². The number of nitrogens with one attached hydrogen (secondary N) is 1. The van der Waals surface area contributed by atoms with Gasteiger partial charge in [0.1, 0.15) is 17.6 Å². The van der Waals surface area contributed by atoms with Gasteiger partial charge in [-0.25, -0.2) is 9.07 Å². The molecule has 4 rings (SSSR count). The van der Waals surface area contributed by atoms with Gasteiger partial charge in [-0.2, -0.15) is 4.98 Å². The standard InChI is InChI=1S/C22H22FN5O2S/c1-3-30-17-11-7-5-9-15(17)19-18(20(24)29)13(2)25-21-26-22(27-28(19)21)31-12-14-8-4-6-10-16(14)23/h4-11,19H,3,12H2,1-2H3,(H2,24,29)(H,25,26,27). The van der Waals surface area contributed by atoms with E-state index in [-0.39, 0.29) is 5.82 Å². The van der Waals surface area contributed by atoms with Gasteiger partial charge in [0.05, 0.1) is 12.2 Å². The summed E-state index contributed by atoms with van der Waals surface area (Å²) in [6, 6.07) is 13.5. The molecule has 160 valence electrons. The van der Waals surface area contributed by atoms with E-state index in [1.54, 1.807) is 29.8 Å². The summed E-state index contributed by atoms with van der Waals surface area (Å²) in [4.78, 5) is 16.9. The lowest BCUT2D eigenvalue weighted by Gasteiger charge is -2.28. The van der Waals surface area contributed by atoms with Crippen molar-refractivity contribution in [1.82, 2.24) is 14.8 Å². The molecule has 1 amide bonds. The molecule has 31 heavy (non-hydrogen) atoms. The lowest BCUT2D eigenvalue weighted by atomic mass is 9.94. The van der Waals surface area contributed by atoms with Crippen molar-refractivity contribution in [1.29, 1.82) is 0 Å². The fourth-order valence-electron chi connectivity index (χ4n) is 3.55. The van der Waals surface area contributed by atoms with Gasteiger partial charge in [-0.3, -0.25) is 4.79 Å². The zero-order chi connectivity index (χ0) is 22.0. The number of benzene rings is 2. The van der Waals surface area contributed by atoms with Crippen LogP contribution in [-0.2, 0) is 10.5 Å². The first kappa shape index (κ1) is 20.9. The van der Waals surface area contributed by atoms with E-state index in [4.69, 9.17) is 10.5 Å². The van der Waals surface area contributed by atoms with E-state index in [0.29, 0.717) is 46.0 Å². The van der Waals surface area contributed by atoms with E-state index in [2.05, 4.69) is 15.4 Å². The van der Waals surface area contributed by atoms with Gasteiger partial charge in [0.15, 0.2) is 0 Å². The number of hydrogen-bond donors (Lipinski definition) is 2. The molecule has 9 heteroatoms. The molecule has 0 saturated carbocycles. The topological polar surface area (TPSA) is 95.1 Å². The summed E-state index contributed by atoms with van der Waals surface area (Å²) < 4.78 is 21.4. The number of anilines is 1. The highest BCUT2D eigenvalue weighted by Crippen LogP contribution is 2.39. The van der Waals surface area contributed by atoms with Crippen LogP contribution in [0.4, 0.5) is 10.3 Å². The van der Waals surface area contributed by atoms with E-state index in [0.717, 1.165) is 5.56 Å². The van der Waals surface area contributed by atoms with Crippen LogP contribution >= 0.6 is 11.8 Å². The lowest BCUT2D eigenvalue weighted by molar-refractivity contribution is -0.115. The molecule has 3 aromatic rings. The average Bonchev–Trinajstić information content (AvgIpc) is 3.15. The van der Waals surface area contributed by atoms with Crippen molar-refractivity contribution in [2.24, 2.45) is 5.73 Å². The summed E-state index contributed by atoms with van der Waals surface area (Å²) >= 11 is 1.31. The predicted molar refractivity (Wildman–Crippen MR) is 117 cm³/mol. The van der Waals surface area contributed by atoms with E-state index >= 15 is 0 Å². The maximum atomic E-state index is 14.0. The number of para-hydroxylation sites is 1. The largest absolute Gasteiger partial charge is 0.494 e. The van der Waals surface area contributed by atoms with E-state index in [1.807, 2.05) is 31.2 Å². The van der Waals surface area contributed by atoms with Gasteiger partial charge >= 0.3 is 0 Å². The third-order valence-electron chi connectivity index (χ3n) is 4.93. The number of ether oxygens (including phenoxy) is 1. The number of carbonyl (C=O) groups is 1. The molecule has 1 aliphatic rings. The summed E-state index contributed by atoms with van der Waals surface area (Å²) in [5.74, 6) is 0.684. The number of allylic oxidation sites excluding steroid dienone is 1. The van der Waals surface area contributed by atoms with Crippen molar-refractivity contribution in [3.05, 3.63) is 76.7 Å². The molecule has 0 spiro atoms. The first-order valence-electron chi connectivity index (χ1n) is 9.81. The van der Waals surface area contributed by atoms with Gasteiger partial charge in [0.25, 0.3) is 0 Å². The highest BCUT2D eigenvalue weighted by molar-refractivity contribution is 7.98. The van der Waals surface area contributed by atoms with Gasteiger partial charge in [-0.05, 0) is 31.5 Å². The molecule has 1 unspecified atom stereocenters. The van der Waals surface area contributed by atoms with Crippen LogP contribution in [0, 0.1) is 5.82 Å². The van der Waals surface area contributed by atoms with Crippen molar-refractivity contribution >= 4 is 23.6 Å². The number of halogens is 1. The molecule has 0 saturated heterocycles. The number of nitrogens with zero attached hydrogens (tertiary/aromatic N) is 3. The number of primary amides is 1. The monoisotopic (exact) mass is 439 g/mol. The smallest absolute Gasteiger partial charge is 0.248 e. The number of carbonyl (C=O) groups excluding carboxylic acids is 1. The Labute approximate surface area is 183 Å². The van der Waals surface area contributed by atoms with Crippen LogP contribution in [0.15, 0.2) is 65.0 Å². The molecule has 0 bridgehead atoms. The van der Waals surface area contributed by atoms with Crippen molar-refractivity contribution in [3.63, 3.8) is 0 Å². The van der Waals surface area contributed by atoms with Crippen LogP contribution in [-0.4, -0.2) is 27.3 Å². The minimum atomic E-state index is -0.591. The van der Waals surface area contributed by atoms with Crippen LogP contribution in [0.5, 0.6) is 5.75 Å². The minimum Gasteiger partial charge on any atom is -0.494 e. The Morgan fingerprint density at radius 2 is 2.00 bits per heavy atom. The van der Waals surface area contributed by atoms with Gasteiger partial charge in [0, 0.05) is 17.0 Å². The minimum absolute atomic E-state index is 0.269. The van der Waals surface area contributed by atoms with Crippen LogP contribution in [0.25, 0.3) is 0 Å². The molecule has 0 fully saturated rings. The van der Waals surface area contributed by atoms with E-state index < -0.39 is 11.9 Å². The van der Waals surface area contributed by atoms with Crippen LogP contribution < -0.4 is 15.8 Å². The van der Waals surface area contributed by atoms with Crippen LogP contribution in [0.3, 0.4) is 0 Å². The second kappa shape index (κ2) is 8.81. The first-order valence-corrected chi connectivity index (χ1v) is 10.8. The Kier molecular flexibility index (Phi) is 5.94. The summed E-state index contributed by atoms with van der Waals surface area (Å²) in [6.45, 7) is 4.15. The third-order valence-corrected chi connectivity index (χ3v) is 5.81.